The van der Waals surface area contributed by atoms with Crippen LogP contribution in [0.3, 0.4) is 0 Å². The van der Waals surface area contributed by atoms with Crippen molar-refractivity contribution in [3.05, 3.63) is 82.9 Å². The van der Waals surface area contributed by atoms with Gasteiger partial charge in [0, 0.05) is 5.56 Å². The Bertz CT molecular complexity index is 1110. The third kappa shape index (κ3) is 5.72. The molecule has 0 aromatic heterocycles. The second-order valence-corrected chi connectivity index (χ2v) is 7.47. The van der Waals surface area contributed by atoms with E-state index in [1.54, 1.807) is 25.1 Å². The highest BCUT2D eigenvalue weighted by molar-refractivity contribution is 5.93. The molecular weight excluding hydrogens is 436 g/mol. The summed E-state index contributed by atoms with van der Waals surface area (Å²) < 4.78 is 66.3. The lowest BCUT2D eigenvalue weighted by molar-refractivity contribution is 0.0719. The van der Waals surface area contributed by atoms with E-state index in [0.717, 1.165) is 30.5 Å². The summed E-state index contributed by atoms with van der Waals surface area (Å²) in [4.78, 5) is 12.5. The van der Waals surface area contributed by atoms with Gasteiger partial charge in [0.05, 0.1) is 17.7 Å². The van der Waals surface area contributed by atoms with Gasteiger partial charge in [-0.15, -0.1) is 0 Å². The Hall–Kier alpha value is -3.35. The number of rotatable bonds is 9. The van der Waals surface area contributed by atoms with Crippen molar-refractivity contribution in [2.24, 2.45) is 0 Å². The lowest BCUT2D eigenvalue weighted by Gasteiger charge is -2.13. The number of hydrogen-bond acceptors (Lipinski definition) is 3. The van der Waals surface area contributed by atoms with Crippen LogP contribution in [0.4, 0.5) is 17.6 Å². The molecule has 7 heteroatoms. The van der Waals surface area contributed by atoms with Gasteiger partial charge in [-0.05, 0) is 54.3 Å². The first-order valence-corrected chi connectivity index (χ1v) is 10.7. The Balaban J connectivity index is 1.80. The highest BCUT2D eigenvalue weighted by Crippen LogP contribution is 2.33. The smallest absolute Gasteiger partial charge is 0.344 e. The molecule has 33 heavy (non-hydrogen) atoms. The third-order valence-corrected chi connectivity index (χ3v) is 4.99. The molecule has 0 fully saturated rings. The zero-order valence-electron chi connectivity index (χ0n) is 18.3. The molecule has 0 aliphatic rings. The molecule has 0 saturated heterocycles. The van der Waals surface area contributed by atoms with E-state index in [9.17, 15) is 22.4 Å². The quantitative estimate of drug-likeness (QED) is 0.188. The fourth-order valence-corrected chi connectivity index (χ4v) is 3.39. The first kappa shape index (κ1) is 24.3. The molecule has 0 saturated carbocycles. The van der Waals surface area contributed by atoms with Crippen molar-refractivity contribution >= 4 is 5.97 Å². The highest BCUT2D eigenvalue weighted by atomic mass is 19.3. The lowest BCUT2D eigenvalue weighted by atomic mass is 10.0. The predicted octanol–water partition coefficient (Wildman–Crippen LogP) is 7.53. The molecule has 0 N–H and O–H groups in total. The van der Waals surface area contributed by atoms with Crippen molar-refractivity contribution < 1.29 is 31.8 Å². The molecule has 3 rings (SSSR count). The summed E-state index contributed by atoms with van der Waals surface area (Å²) in [6.07, 6.45) is -0.988. The second-order valence-electron chi connectivity index (χ2n) is 7.47. The minimum Gasteiger partial charge on any atom is -0.491 e. The maximum Gasteiger partial charge on any atom is 0.344 e. The van der Waals surface area contributed by atoms with Gasteiger partial charge in [-0.1, -0.05) is 44.5 Å². The number of alkyl halides is 2. The molecule has 0 aliphatic heterocycles. The Morgan fingerprint density at radius 1 is 0.939 bits per heavy atom. The van der Waals surface area contributed by atoms with Gasteiger partial charge in [0.1, 0.15) is 11.6 Å². The second kappa shape index (κ2) is 11.0. The molecule has 0 radical (unpaired) electrons. The van der Waals surface area contributed by atoms with Gasteiger partial charge in [0.2, 0.25) is 0 Å². The number of ether oxygens (including phenoxy) is 2. The van der Waals surface area contributed by atoms with E-state index in [2.05, 4.69) is 0 Å². The number of carbonyl (C=O) groups excluding carboxylic acids is 1. The number of aryl methyl sites for hydroxylation is 1. The van der Waals surface area contributed by atoms with E-state index in [1.807, 2.05) is 13.0 Å². The molecule has 3 aromatic carbocycles. The topological polar surface area (TPSA) is 35.5 Å². The van der Waals surface area contributed by atoms with E-state index in [4.69, 9.17) is 9.47 Å². The van der Waals surface area contributed by atoms with Gasteiger partial charge in [-0.2, -0.15) is 0 Å². The van der Waals surface area contributed by atoms with Crippen LogP contribution in [0.25, 0.3) is 11.1 Å². The number of hydrogen-bond donors (Lipinski definition) is 0. The van der Waals surface area contributed by atoms with Crippen LogP contribution in [0.5, 0.6) is 11.5 Å². The molecule has 3 nitrogen and oxygen atoms in total. The van der Waals surface area contributed by atoms with E-state index in [0.29, 0.717) is 17.5 Å². The maximum absolute atomic E-state index is 14.5. The number of esters is 1. The Morgan fingerprint density at radius 3 is 2.27 bits per heavy atom. The molecule has 0 heterocycles. The summed E-state index contributed by atoms with van der Waals surface area (Å²) in [6, 6.07) is 13.1. The fourth-order valence-electron chi connectivity index (χ4n) is 3.39. The predicted molar refractivity (Wildman–Crippen MR) is 118 cm³/mol. The molecule has 3 aromatic rings. The van der Waals surface area contributed by atoms with Crippen molar-refractivity contribution in [2.75, 3.05) is 6.61 Å². The van der Waals surface area contributed by atoms with E-state index in [1.165, 1.54) is 18.2 Å². The number of carbonyl (C=O) groups is 1. The van der Waals surface area contributed by atoms with Crippen LogP contribution in [0.1, 0.15) is 54.6 Å². The Labute approximate surface area is 190 Å². The minimum absolute atomic E-state index is 0.0543. The molecule has 0 spiro atoms. The van der Waals surface area contributed by atoms with Gasteiger partial charge in [-0.25, -0.2) is 22.4 Å². The van der Waals surface area contributed by atoms with Crippen LogP contribution < -0.4 is 9.47 Å². The summed E-state index contributed by atoms with van der Waals surface area (Å²) >= 11 is 0. The molecule has 0 atom stereocenters. The third-order valence-electron chi connectivity index (χ3n) is 4.99. The standard InChI is InChI=1S/C26H24F4O3/c1-3-5-16-6-11-19(21(27)15-16)17-7-9-18(10-8-17)33-26(31)20-12-13-22(32-14-4-2)24(28)23(20)25(29)30/h6-13,15,25H,3-5,14H2,1-2H3. The first-order chi connectivity index (χ1) is 15.8. The molecule has 0 aliphatic carbocycles. The van der Waals surface area contributed by atoms with Crippen LogP contribution in [0.15, 0.2) is 54.6 Å². The molecule has 0 unspecified atom stereocenters. The first-order valence-electron chi connectivity index (χ1n) is 10.7. The molecule has 0 bridgehead atoms. The SMILES string of the molecule is CCCOc1ccc(C(=O)Oc2ccc(-c3ccc(CCC)cc3F)cc2)c(C(F)F)c1F. The molecule has 174 valence electrons. The lowest BCUT2D eigenvalue weighted by Crippen LogP contribution is -2.14. The van der Waals surface area contributed by atoms with Crippen molar-refractivity contribution in [1.82, 2.24) is 0 Å². The summed E-state index contributed by atoms with van der Waals surface area (Å²) in [5.74, 6) is -3.08. The number of benzene rings is 3. The average Bonchev–Trinajstić information content (AvgIpc) is 2.79. The zero-order valence-corrected chi connectivity index (χ0v) is 18.3. The van der Waals surface area contributed by atoms with E-state index < -0.39 is 29.3 Å². The maximum atomic E-state index is 14.5. The largest absolute Gasteiger partial charge is 0.491 e. The zero-order chi connectivity index (χ0) is 24.0. The van der Waals surface area contributed by atoms with Crippen LogP contribution in [0, 0.1) is 11.6 Å². The highest BCUT2D eigenvalue weighted by Gasteiger charge is 2.27. The van der Waals surface area contributed by atoms with Crippen LogP contribution >= 0.6 is 0 Å². The molecule has 0 amide bonds. The monoisotopic (exact) mass is 460 g/mol. The van der Waals surface area contributed by atoms with Crippen molar-refractivity contribution in [3.63, 3.8) is 0 Å². The van der Waals surface area contributed by atoms with Crippen molar-refractivity contribution in [1.29, 1.82) is 0 Å². The summed E-state index contributed by atoms with van der Waals surface area (Å²) in [5.41, 5.74) is 0.189. The fraction of sp³-hybridized carbons (Fsp3) is 0.269. The number of halogens is 4. The van der Waals surface area contributed by atoms with Gasteiger partial charge in [0.25, 0.3) is 6.43 Å². The Morgan fingerprint density at radius 2 is 1.67 bits per heavy atom. The average molecular weight is 460 g/mol. The van der Waals surface area contributed by atoms with Crippen LogP contribution in [-0.2, 0) is 6.42 Å². The summed E-state index contributed by atoms with van der Waals surface area (Å²) in [7, 11) is 0. The van der Waals surface area contributed by atoms with Crippen LogP contribution in [-0.4, -0.2) is 12.6 Å². The minimum atomic E-state index is -3.24. The summed E-state index contributed by atoms with van der Waals surface area (Å²) in [6.45, 7) is 3.95. The van der Waals surface area contributed by atoms with E-state index >= 15 is 0 Å². The van der Waals surface area contributed by atoms with Gasteiger partial charge >= 0.3 is 5.97 Å². The molecular formula is C26H24F4O3. The normalized spacial score (nSPS) is 11.0. The summed E-state index contributed by atoms with van der Waals surface area (Å²) in [5, 5.41) is 0. The van der Waals surface area contributed by atoms with Gasteiger partial charge in [0.15, 0.2) is 11.6 Å². The van der Waals surface area contributed by atoms with Crippen molar-refractivity contribution in [2.45, 2.75) is 39.5 Å². The Kier molecular flexibility index (Phi) is 8.09. The van der Waals surface area contributed by atoms with Crippen LogP contribution in [0.2, 0.25) is 0 Å². The van der Waals surface area contributed by atoms with Crippen molar-refractivity contribution in [3.8, 4) is 22.6 Å². The van der Waals surface area contributed by atoms with E-state index in [-0.39, 0.29) is 23.9 Å². The van der Waals surface area contributed by atoms with Gasteiger partial charge < -0.3 is 9.47 Å². The van der Waals surface area contributed by atoms with Gasteiger partial charge in [-0.3, -0.25) is 0 Å².